The molecule has 0 radical (unpaired) electrons. The largest absolute Gasteiger partial charge is 0.405 e. The summed E-state index contributed by atoms with van der Waals surface area (Å²) < 4.78 is 53.0. The highest BCUT2D eigenvalue weighted by Crippen LogP contribution is 2.25. The Morgan fingerprint density at radius 2 is 1.96 bits per heavy atom. The van der Waals surface area contributed by atoms with E-state index in [4.69, 9.17) is 0 Å². The van der Waals surface area contributed by atoms with Gasteiger partial charge in [0.15, 0.2) is 0 Å². The number of carbonyl (C=O) groups excluding carboxylic acids is 1. The van der Waals surface area contributed by atoms with Gasteiger partial charge in [-0.25, -0.2) is 4.39 Å². The minimum atomic E-state index is -4.58. The third-order valence-electron chi connectivity index (χ3n) is 3.83. The molecule has 1 aliphatic heterocycles. The van der Waals surface area contributed by atoms with Crippen molar-refractivity contribution >= 4 is 24.0 Å². The van der Waals surface area contributed by atoms with Crippen LogP contribution in [0.5, 0.6) is 0 Å². The zero-order chi connectivity index (χ0) is 18.6. The lowest BCUT2D eigenvalue weighted by molar-refractivity contribution is -0.385. The van der Waals surface area contributed by atoms with Crippen molar-refractivity contribution in [3.63, 3.8) is 0 Å². The van der Waals surface area contributed by atoms with Crippen LogP contribution in [0, 0.1) is 15.9 Å². The highest BCUT2D eigenvalue weighted by Gasteiger charge is 2.44. The van der Waals surface area contributed by atoms with E-state index < -0.39 is 46.7 Å². The van der Waals surface area contributed by atoms with Crippen molar-refractivity contribution in [3.8, 4) is 0 Å². The first-order valence-electron chi connectivity index (χ1n) is 7.44. The second-order valence-corrected chi connectivity index (χ2v) is 5.47. The molecule has 2 rings (SSSR count). The van der Waals surface area contributed by atoms with Gasteiger partial charge in [0.25, 0.3) is 11.6 Å². The van der Waals surface area contributed by atoms with Crippen LogP contribution in [0.25, 0.3) is 0 Å². The van der Waals surface area contributed by atoms with E-state index in [-0.39, 0.29) is 25.5 Å². The van der Waals surface area contributed by atoms with Crippen LogP contribution in [0.2, 0.25) is 0 Å². The van der Waals surface area contributed by atoms with Crippen LogP contribution in [0.3, 0.4) is 0 Å². The minimum absolute atomic E-state index is 0. The van der Waals surface area contributed by atoms with Crippen molar-refractivity contribution in [2.45, 2.75) is 12.2 Å². The van der Waals surface area contributed by atoms with Crippen molar-refractivity contribution in [2.75, 3.05) is 32.7 Å². The molecule has 1 unspecified atom stereocenters. The SMILES string of the molecule is Cl.O=C(NCC(N1CCNCC1)C(F)(F)F)c1cc(F)ccc1[N+](=O)[O-]. The molecule has 0 aromatic heterocycles. The maximum Gasteiger partial charge on any atom is 0.405 e. The minimum Gasteiger partial charge on any atom is -0.350 e. The summed E-state index contributed by atoms with van der Waals surface area (Å²) in [5.74, 6) is -2.03. The molecule has 1 fully saturated rings. The average Bonchev–Trinajstić information content (AvgIpc) is 2.54. The normalized spacial score (nSPS) is 16.5. The second-order valence-electron chi connectivity index (χ2n) is 5.47. The fraction of sp³-hybridized carbons (Fsp3) is 0.500. The fourth-order valence-corrected chi connectivity index (χ4v) is 2.58. The molecule has 7 nitrogen and oxygen atoms in total. The second kappa shape index (κ2) is 9.10. The number of amides is 1. The van der Waals surface area contributed by atoms with Gasteiger partial charge < -0.3 is 10.6 Å². The predicted octanol–water partition coefficient (Wildman–Crippen LogP) is 1.72. The first-order valence-corrected chi connectivity index (χ1v) is 7.44. The van der Waals surface area contributed by atoms with Gasteiger partial charge in [-0.05, 0) is 12.1 Å². The summed E-state index contributed by atoms with van der Waals surface area (Å²) in [6.07, 6.45) is -4.58. The van der Waals surface area contributed by atoms with Gasteiger partial charge in [0.2, 0.25) is 0 Å². The summed E-state index contributed by atoms with van der Waals surface area (Å²) in [5.41, 5.74) is -1.30. The monoisotopic (exact) mass is 400 g/mol. The highest BCUT2D eigenvalue weighted by atomic mass is 35.5. The summed E-state index contributed by atoms with van der Waals surface area (Å²) in [7, 11) is 0. The summed E-state index contributed by atoms with van der Waals surface area (Å²) in [5, 5.41) is 15.8. The molecule has 2 N–H and O–H groups in total. The first kappa shape index (κ1) is 22.1. The molecular formula is C14H17ClF4N4O3. The van der Waals surface area contributed by atoms with Gasteiger partial charge >= 0.3 is 6.18 Å². The number of rotatable bonds is 5. The third kappa shape index (κ3) is 5.51. The molecular weight excluding hydrogens is 384 g/mol. The Bertz CT molecular complexity index is 654. The van der Waals surface area contributed by atoms with E-state index >= 15 is 0 Å². The Balaban J connectivity index is 0.00000338. The molecule has 0 spiro atoms. The lowest BCUT2D eigenvalue weighted by Gasteiger charge is -2.35. The number of benzene rings is 1. The van der Waals surface area contributed by atoms with Gasteiger partial charge in [-0.3, -0.25) is 19.8 Å². The number of alkyl halides is 3. The molecule has 1 aromatic rings. The van der Waals surface area contributed by atoms with E-state index in [1.165, 1.54) is 4.90 Å². The zero-order valence-electron chi connectivity index (χ0n) is 13.4. The lowest BCUT2D eigenvalue weighted by atomic mass is 10.1. The smallest absolute Gasteiger partial charge is 0.350 e. The van der Waals surface area contributed by atoms with E-state index in [9.17, 15) is 32.5 Å². The first-order chi connectivity index (χ1) is 11.7. The van der Waals surface area contributed by atoms with Crippen LogP contribution in [-0.4, -0.2) is 60.7 Å². The molecule has 146 valence electrons. The fourth-order valence-electron chi connectivity index (χ4n) is 2.58. The van der Waals surface area contributed by atoms with Crippen LogP contribution in [0.15, 0.2) is 18.2 Å². The van der Waals surface area contributed by atoms with Crippen molar-refractivity contribution in [2.24, 2.45) is 0 Å². The molecule has 12 heteroatoms. The van der Waals surface area contributed by atoms with Crippen LogP contribution in [0.1, 0.15) is 10.4 Å². The van der Waals surface area contributed by atoms with Crippen molar-refractivity contribution in [1.82, 2.24) is 15.5 Å². The summed E-state index contributed by atoms with van der Waals surface area (Å²) in [6.45, 7) is 0.294. The van der Waals surface area contributed by atoms with E-state index in [0.29, 0.717) is 19.2 Å². The molecule has 1 amide bonds. The number of nitrogens with one attached hydrogen (secondary N) is 2. The van der Waals surface area contributed by atoms with Crippen molar-refractivity contribution in [3.05, 3.63) is 39.7 Å². The number of carbonyl (C=O) groups is 1. The van der Waals surface area contributed by atoms with E-state index in [2.05, 4.69) is 5.32 Å². The van der Waals surface area contributed by atoms with Gasteiger partial charge in [-0.15, -0.1) is 12.4 Å². The van der Waals surface area contributed by atoms with Crippen LogP contribution in [-0.2, 0) is 0 Å². The Hall–Kier alpha value is -1.98. The topological polar surface area (TPSA) is 87.5 Å². The van der Waals surface area contributed by atoms with Gasteiger partial charge in [-0.2, -0.15) is 13.2 Å². The van der Waals surface area contributed by atoms with Gasteiger partial charge in [0.1, 0.15) is 17.4 Å². The summed E-state index contributed by atoms with van der Waals surface area (Å²) in [4.78, 5) is 23.2. The Morgan fingerprint density at radius 3 is 2.50 bits per heavy atom. The number of nitro benzene ring substituents is 1. The number of hydrogen-bond acceptors (Lipinski definition) is 5. The number of halogens is 5. The van der Waals surface area contributed by atoms with Gasteiger partial charge in [0.05, 0.1) is 4.92 Å². The Kier molecular flexibility index (Phi) is 7.72. The summed E-state index contributed by atoms with van der Waals surface area (Å²) >= 11 is 0. The molecule has 1 atom stereocenters. The van der Waals surface area contributed by atoms with Crippen LogP contribution in [0.4, 0.5) is 23.2 Å². The number of piperazine rings is 1. The van der Waals surface area contributed by atoms with Gasteiger partial charge in [0, 0.05) is 38.8 Å². The lowest BCUT2D eigenvalue weighted by Crippen LogP contribution is -2.57. The molecule has 0 aliphatic carbocycles. The quantitative estimate of drug-likeness (QED) is 0.446. The molecule has 0 saturated carbocycles. The maximum absolute atomic E-state index is 13.3. The predicted molar refractivity (Wildman–Crippen MR) is 86.9 cm³/mol. The number of nitro groups is 1. The van der Waals surface area contributed by atoms with E-state index in [0.717, 1.165) is 12.1 Å². The standard InChI is InChI=1S/C14H16F4N4O3.ClH/c15-9-1-2-11(22(24)25)10(7-9)13(23)20-8-12(14(16,17)18)21-5-3-19-4-6-21;/h1-2,7,12,19H,3-6,8H2,(H,20,23);1H. The molecule has 1 aliphatic rings. The Morgan fingerprint density at radius 1 is 1.35 bits per heavy atom. The summed E-state index contributed by atoms with van der Waals surface area (Å²) in [6, 6.07) is 0.294. The molecule has 1 saturated heterocycles. The van der Waals surface area contributed by atoms with E-state index in [1.807, 2.05) is 5.32 Å². The molecule has 26 heavy (non-hydrogen) atoms. The van der Waals surface area contributed by atoms with Crippen molar-refractivity contribution < 1.29 is 27.3 Å². The van der Waals surface area contributed by atoms with Crippen molar-refractivity contribution in [1.29, 1.82) is 0 Å². The highest BCUT2D eigenvalue weighted by molar-refractivity contribution is 5.98. The van der Waals surface area contributed by atoms with E-state index in [1.54, 1.807) is 0 Å². The maximum atomic E-state index is 13.3. The number of nitrogens with zero attached hydrogens (tertiary/aromatic N) is 2. The molecule has 1 heterocycles. The zero-order valence-corrected chi connectivity index (χ0v) is 14.2. The average molecular weight is 401 g/mol. The van der Waals surface area contributed by atoms with Crippen LogP contribution < -0.4 is 10.6 Å². The van der Waals surface area contributed by atoms with Gasteiger partial charge in [-0.1, -0.05) is 0 Å². The third-order valence-corrected chi connectivity index (χ3v) is 3.83. The molecule has 0 bridgehead atoms. The number of hydrogen-bond donors (Lipinski definition) is 2. The van der Waals surface area contributed by atoms with Crippen LogP contribution >= 0.6 is 12.4 Å². The molecule has 1 aromatic carbocycles. The Labute approximate surface area is 152 Å².